The first-order valence-electron chi connectivity index (χ1n) is 10.4. The lowest BCUT2D eigenvalue weighted by Gasteiger charge is -2.31. The van der Waals surface area contributed by atoms with Gasteiger partial charge >= 0.3 is 6.03 Å². The Labute approximate surface area is 177 Å². The molecule has 0 spiro atoms. The molecule has 0 aromatic heterocycles. The van der Waals surface area contributed by atoms with E-state index in [9.17, 15) is 9.59 Å². The van der Waals surface area contributed by atoms with Crippen LogP contribution in [0.15, 0.2) is 54.6 Å². The van der Waals surface area contributed by atoms with Gasteiger partial charge in [-0.2, -0.15) is 0 Å². The first-order chi connectivity index (χ1) is 14.6. The summed E-state index contributed by atoms with van der Waals surface area (Å²) in [6.45, 7) is 4.81. The van der Waals surface area contributed by atoms with Crippen LogP contribution in [0.5, 0.6) is 5.75 Å². The van der Waals surface area contributed by atoms with Gasteiger partial charge < -0.3 is 20.7 Å². The number of hydrogen-bond acceptors (Lipinski definition) is 4. The summed E-state index contributed by atoms with van der Waals surface area (Å²) < 4.78 is 5.63. The highest BCUT2D eigenvalue weighted by Gasteiger charge is 2.22. The van der Waals surface area contributed by atoms with Gasteiger partial charge in [0, 0.05) is 24.8 Å². The molecule has 0 saturated carbocycles. The summed E-state index contributed by atoms with van der Waals surface area (Å²) in [5.41, 5.74) is 1.95. The number of likely N-dealkylation sites (tertiary alicyclic amines) is 1. The molecule has 3 rings (SSSR count). The smallest absolute Gasteiger partial charge is 0.315 e. The SMILES string of the molecule is Cc1cccc(OCCNC(=O)NC2CCN(CC(=O)Nc3ccccc3)CC2)c1. The summed E-state index contributed by atoms with van der Waals surface area (Å²) in [6, 6.07) is 17.2. The fraction of sp³-hybridized carbons (Fsp3) is 0.391. The lowest BCUT2D eigenvalue weighted by Crippen LogP contribution is -2.49. The maximum atomic E-state index is 12.2. The second-order valence-corrected chi connectivity index (χ2v) is 7.53. The molecule has 2 aromatic carbocycles. The molecule has 7 heteroatoms. The van der Waals surface area contributed by atoms with Crippen LogP contribution in [0.25, 0.3) is 0 Å². The number of ether oxygens (including phenoxy) is 1. The minimum Gasteiger partial charge on any atom is -0.492 e. The van der Waals surface area contributed by atoms with Crippen molar-refractivity contribution in [1.29, 1.82) is 0 Å². The number of urea groups is 1. The maximum Gasteiger partial charge on any atom is 0.315 e. The van der Waals surface area contributed by atoms with E-state index in [-0.39, 0.29) is 18.0 Å². The van der Waals surface area contributed by atoms with Crippen LogP contribution in [0, 0.1) is 6.92 Å². The summed E-state index contributed by atoms with van der Waals surface area (Å²) in [4.78, 5) is 26.4. The molecule has 160 valence electrons. The molecule has 1 heterocycles. The molecule has 7 nitrogen and oxygen atoms in total. The Bertz CT molecular complexity index is 820. The van der Waals surface area contributed by atoms with Crippen molar-refractivity contribution in [3.05, 3.63) is 60.2 Å². The lowest BCUT2D eigenvalue weighted by molar-refractivity contribution is -0.117. The van der Waals surface area contributed by atoms with Crippen molar-refractivity contribution in [1.82, 2.24) is 15.5 Å². The zero-order valence-electron chi connectivity index (χ0n) is 17.4. The number of aryl methyl sites for hydroxylation is 1. The standard InChI is InChI=1S/C23H30N4O3/c1-18-6-5-9-21(16-18)30-15-12-24-23(29)26-20-10-13-27(14-11-20)17-22(28)25-19-7-3-2-4-8-19/h2-9,16,20H,10-15,17H2,1H3,(H,25,28)(H2,24,26,29). The number of benzene rings is 2. The average Bonchev–Trinajstić information content (AvgIpc) is 2.73. The number of nitrogens with one attached hydrogen (secondary N) is 3. The molecule has 2 aromatic rings. The minimum atomic E-state index is -0.178. The van der Waals surface area contributed by atoms with Gasteiger partial charge in [-0.15, -0.1) is 0 Å². The molecule has 3 N–H and O–H groups in total. The third kappa shape index (κ3) is 7.40. The Morgan fingerprint density at radius 2 is 1.83 bits per heavy atom. The molecule has 1 fully saturated rings. The van der Waals surface area contributed by atoms with Gasteiger partial charge in [0.15, 0.2) is 0 Å². The Kier molecular flexibility index (Phi) is 8.09. The highest BCUT2D eigenvalue weighted by atomic mass is 16.5. The van der Waals surface area contributed by atoms with Crippen molar-refractivity contribution in [3.8, 4) is 5.75 Å². The molecular formula is C23H30N4O3. The first kappa shape index (κ1) is 21.6. The zero-order chi connectivity index (χ0) is 21.2. The summed E-state index contributed by atoms with van der Waals surface area (Å²) in [6.07, 6.45) is 1.65. The van der Waals surface area contributed by atoms with Crippen LogP contribution in [0.4, 0.5) is 10.5 Å². The Morgan fingerprint density at radius 3 is 2.57 bits per heavy atom. The average molecular weight is 411 g/mol. The number of amides is 3. The van der Waals surface area contributed by atoms with Gasteiger partial charge in [0.1, 0.15) is 12.4 Å². The second kappa shape index (κ2) is 11.2. The highest BCUT2D eigenvalue weighted by molar-refractivity contribution is 5.92. The molecule has 0 aliphatic carbocycles. The predicted molar refractivity (Wildman–Crippen MR) is 118 cm³/mol. The van der Waals surface area contributed by atoms with E-state index in [0.717, 1.165) is 42.9 Å². The van der Waals surface area contributed by atoms with E-state index in [0.29, 0.717) is 19.7 Å². The van der Waals surface area contributed by atoms with Gasteiger partial charge in [-0.1, -0.05) is 30.3 Å². The highest BCUT2D eigenvalue weighted by Crippen LogP contribution is 2.12. The molecule has 0 unspecified atom stereocenters. The van der Waals surface area contributed by atoms with Crippen molar-refractivity contribution in [2.45, 2.75) is 25.8 Å². The quantitative estimate of drug-likeness (QED) is 0.585. The number of rotatable bonds is 8. The molecule has 1 aliphatic rings. The van der Waals surface area contributed by atoms with E-state index in [2.05, 4.69) is 20.9 Å². The fourth-order valence-corrected chi connectivity index (χ4v) is 3.44. The van der Waals surface area contributed by atoms with Crippen LogP contribution in [0.1, 0.15) is 18.4 Å². The molecule has 3 amide bonds. The number of hydrogen-bond donors (Lipinski definition) is 3. The van der Waals surface area contributed by atoms with Crippen molar-refractivity contribution in [2.24, 2.45) is 0 Å². The van der Waals surface area contributed by atoms with Gasteiger partial charge in [0.25, 0.3) is 0 Å². The molecule has 1 aliphatic heterocycles. The summed E-state index contributed by atoms with van der Waals surface area (Å²) in [7, 11) is 0. The molecule has 0 radical (unpaired) electrons. The predicted octanol–water partition coefficient (Wildman–Crippen LogP) is 2.78. The molecule has 0 atom stereocenters. The van der Waals surface area contributed by atoms with Crippen molar-refractivity contribution >= 4 is 17.6 Å². The molecule has 1 saturated heterocycles. The number of carbonyl (C=O) groups is 2. The number of piperidine rings is 1. The van der Waals surface area contributed by atoms with Crippen LogP contribution >= 0.6 is 0 Å². The first-order valence-corrected chi connectivity index (χ1v) is 10.4. The van der Waals surface area contributed by atoms with Crippen LogP contribution in [-0.2, 0) is 4.79 Å². The molecule has 30 heavy (non-hydrogen) atoms. The molecular weight excluding hydrogens is 380 g/mol. The van der Waals surface area contributed by atoms with E-state index < -0.39 is 0 Å². The van der Waals surface area contributed by atoms with Crippen molar-refractivity contribution in [3.63, 3.8) is 0 Å². The summed E-state index contributed by atoms with van der Waals surface area (Å²) in [5.74, 6) is 0.792. The lowest BCUT2D eigenvalue weighted by atomic mass is 10.1. The van der Waals surface area contributed by atoms with Crippen LogP contribution in [0.3, 0.4) is 0 Å². The molecule has 0 bridgehead atoms. The van der Waals surface area contributed by atoms with Crippen LogP contribution in [0.2, 0.25) is 0 Å². The van der Waals surface area contributed by atoms with Gasteiger partial charge in [-0.25, -0.2) is 4.79 Å². The van der Waals surface area contributed by atoms with E-state index in [1.54, 1.807) is 0 Å². The zero-order valence-corrected chi connectivity index (χ0v) is 17.4. The van der Waals surface area contributed by atoms with Gasteiger partial charge in [-0.3, -0.25) is 9.69 Å². The topological polar surface area (TPSA) is 82.7 Å². The number of carbonyl (C=O) groups excluding carboxylic acids is 2. The minimum absolute atomic E-state index is 0.0148. The third-order valence-electron chi connectivity index (χ3n) is 4.99. The maximum absolute atomic E-state index is 12.2. The van der Waals surface area contributed by atoms with Gasteiger partial charge in [0.2, 0.25) is 5.91 Å². The Morgan fingerprint density at radius 1 is 1.07 bits per heavy atom. The van der Waals surface area contributed by atoms with Crippen molar-refractivity contribution in [2.75, 3.05) is 38.1 Å². The van der Waals surface area contributed by atoms with Gasteiger partial charge in [-0.05, 0) is 49.6 Å². The largest absolute Gasteiger partial charge is 0.492 e. The third-order valence-corrected chi connectivity index (χ3v) is 4.99. The van der Waals surface area contributed by atoms with E-state index in [1.165, 1.54) is 0 Å². The fourth-order valence-electron chi connectivity index (χ4n) is 3.44. The normalized spacial score (nSPS) is 14.7. The van der Waals surface area contributed by atoms with Crippen LogP contribution in [-0.4, -0.2) is 55.7 Å². The number of anilines is 1. The van der Waals surface area contributed by atoms with E-state index in [4.69, 9.17) is 4.74 Å². The number of nitrogens with zero attached hydrogens (tertiary/aromatic N) is 1. The Balaban J connectivity index is 1.27. The van der Waals surface area contributed by atoms with E-state index >= 15 is 0 Å². The van der Waals surface area contributed by atoms with E-state index in [1.807, 2.05) is 61.5 Å². The van der Waals surface area contributed by atoms with Gasteiger partial charge in [0.05, 0.1) is 13.1 Å². The number of para-hydroxylation sites is 1. The van der Waals surface area contributed by atoms with Crippen molar-refractivity contribution < 1.29 is 14.3 Å². The second-order valence-electron chi connectivity index (χ2n) is 7.53. The summed E-state index contributed by atoms with van der Waals surface area (Å²) in [5, 5.41) is 8.74. The summed E-state index contributed by atoms with van der Waals surface area (Å²) >= 11 is 0. The van der Waals surface area contributed by atoms with Crippen LogP contribution < -0.4 is 20.7 Å². The monoisotopic (exact) mass is 410 g/mol. The Hall–Kier alpha value is -3.06.